The Morgan fingerprint density at radius 1 is 1.21 bits per heavy atom. The van der Waals surface area contributed by atoms with Crippen molar-refractivity contribution in [1.82, 2.24) is 30.4 Å². The topological polar surface area (TPSA) is 102 Å². The van der Waals surface area contributed by atoms with Crippen molar-refractivity contribution >= 4 is 22.7 Å². The summed E-state index contributed by atoms with van der Waals surface area (Å²) in [6.07, 6.45) is 1.27. The van der Waals surface area contributed by atoms with Gasteiger partial charge in [-0.3, -0.25) is 10.00 Å². The number of aromatic nitrogens is 6. The van der Waals surface area contributed by atoms with Crippen molar-refractivity contribution in [2.75, 3.05) is 4.90 Å². The van der Waals surface area contributed by atoms with Gasteiger partial charge in [-0.15, -0.1) is 5.10 Å². The molecule has 1 unspecified atom stereocenters. The van der Waals surface area contributed by atoms with Gasteiger partial charge < -0.3 is 4.74 Å². The lowest BCUT2D eigenvalue weighted by atomic mass is 9.97. The molecule has 0 spiro atoms. The van der Waals surface area contributed by atoms with Crippen molar-refractivity contribution in [3.63, 3.8) is 0 Å². The maximum Gasteiger partial charge on any atom is 0.415 e. The fraction of sp³-hybridized carbons (Fsp3) is 0.375. The van der Waals surface area contributed by atoms with Gasteiger partial charge in [0.1, 0.15) is 6.61 Å². The van der Waals surface area contributed by atoms with Gasteiger partial charge >= 0.3 is 6.09 Å². The van der Waals surface area contributed by atoms with Gasteiger partial charge in [-0.2, -0.15) is 5.10 Å². The molecule has 2 aromatic heterocycles. The van der Waals surface area contributed by atoms with Crippen LogP contribution in [0.3, 0.4) is 0 Å². The molecule has 172 valence electrons. The number of aryl methyl sites for hydroxylation is 1. The lowest BCUT2D eigenvalue weighted by Crippen LogP contribution is -2.36. The van der Waals surface area contributed by atoms with Crippen LogP contribution in [0.4, 0.5) is 10.5 Å². The number of tetrazole rings is 1. The van der Waals surface area contributed by atoms with Crippen LogP contribution >= 0.6 is 0 Å². The lowest BCUT2D eigenvalue weighted by molar-refractivity contribution is 0.144. The molecular weight excluding hydrogens is 418 g/mol. The Kier molecular flexibility index (Phi) is 6.13. The van der Waals surface area contributed by atoms with E-state index in [-0.39, 0.29) is 12.0 Å². The molecule has 0 radical (unpaired) electrons. The summed E-state index contributed by atoms with van der Waals surface area (Å²) in [5.41, 5.74) is 3.48. The second-order valence-corrected chi connectivity index (χ2v) is 9.44. The third-order valence-corrected chi connectivity index (χ3v) is 5.36. The van der Waals surface area contributed by atoms with E-state index in [1.54, 1.807) is 15.8 Å². The van der Waals surface area contributed by atoms with Crippen LogP contribution in [-0.2, 0) is 17.9 Å². The smallest absolute Gasteiger partial charge is 0.415 e. The van der Waals surface area contributed by atoms with Gasteiger partial charge in [0.25, 0.3) is 0 Å². The Bertz CT molecular complexity index is 1240. The van der Waals surface area contributed by atoms with E-state index in [2.05, 4.69) is 46.5 Å². The van der Waals surface area contributed by atoms with Crippen LogP contribution in [0, 0.1) is 12.3 Å². The highest BCUT2D eigenvalue weighted by molar-refractivity contribution is 5.93. The molecule has 0 saturated heterocycles. The molecule has 9 nitrogen and oxygen atoms in total. The minimum absolute atomic E-state index is 0.0329. The van der Waals surface area contributed by atoms with Crippen LogP contribution < -0.4 is 4.90 Å². The minimum atomic E-state index is -0.473. The van der Waals surface area contributed by atoms with E-state index in [0.29, 0.717) is 18.1 Å². The van der Waals surface area contributed by atoms with Crippen molar-refractivity contribution in [1.29, 1.82) is 0 Å². The number of ether oxygens (including phenoxy) is 1. The zero-order valence-electron chi connectivity index (χ0n) is 19.6. The number of aromatic amines is 1. The maximum atomic E-state index is 13.4. The number of hydrogen-bond acceptors (Lipinski definition) is 6. The first kappa shape index (κ1) is 22.4. The van der Waals surface area contributed by atoms with Crippen LogP contribution in [0.2, 0.25) is 0 Å². The van der Waals surface area contributed by atoms with E-state index < -0.39 is 12.1 Å². The molecule has 0 aliphatic rings. The summed E-state index contributed by atoms with van der Waals surface area (Å²) in [6, 6.07) is 13.0. The number of carbonyl (C=O) groups is 1. The number of benzene rings is 2. The molecule has 4 aromatic rings. The lowest BCUT2D eigenvalue weighted by Gasteiger charge is -2.29. The monoisotopic (exact) mass is 447 g/mol. The molecule has 4 rings (SSSR count). The average molecular weight is 448 g/mol. The van der Waals surface area contributed by atoms with Crippen molar-refractivity contribution in [3.05, 3.63) is 65.6 Å². The Balaban J connectivity index is 1.70. The third kappa shape index (κ3) is 5.02. The standard InChI is InChI=1S/C24H29N7O2/c1-16-11-20(12-19-13-25-26-21(16)19)31(23(32)33-14-18-9-7-6-8-10-18)17(2)22-27-28-29-30(22)15-24(3,4)5/h6-13,17H,14-15H2,1-5H3,(H,25,26). The summed E-state index contributed by atoms with van der Waals surface area (Å²) < 4.78 is 7.48. The molecule has 0 fully saturated rings. The van der Waals surface area contributed by atoms with Gasteiger partial charge in [0.15, 0.2) is 5.82 Å². The van der Waals surface area contributed by atoms with Crippen LogP contribution in [0.15, 0.2) is 48.7 Å². The predicted molar refractivity (Wildman–Crippen MR) is 126 cm³/mol. The Hall–Kier alpha value is -3.75. The largest absolute Gasteiger partial charge is 0.444 e. The highest BCUT2D eigenvalue weighted by Crippen LogP contribution is 2.31. The molecule has 2 aromatic carbocycles. The minimum Gasteiger partial charge on any atom is -0.444 e. The van der Waals surface area contributed by atoms with E-state index in [4.69, 9.17) is 4.74 Å². The first-order valence-corrected chi connectivity index (χ1v) is 10.9. The van der Waals surface area contributed by atoms with Gasteiger partial charge in [-0.1, -0.05) is 51.1 Å². The van der Waals surface area contributed by atoms with E-state index in [0.717, 1.165) is 22.0 Å². The quantitative estimate of drug-likeness (QED) is 0.455. The first-order chi connectivity index (χ1) is 15.7. The molecule has 0 bridgehead atoms. The molecular formula is C24H29N7O2. The third-order valence-electron chi connectivity index (χ3n) is 5.36. The number of H-pyrrole nitrogens is 1. The Morgan fingerprint density at radius 3 is 2.70 bits per heavy atom. The van der Waals surface area contributed by atoms with E-state index in [9.17, 15) is 4.79 Å². The zero-order valence-corrected chi connectivity index (χ0v) is 19.6. The Labute approximate surface area is 192 Å². The molecule has 0 saturated carbocycles. The highest BCUT2D eigenvalue weighted by atomic mass is 16.6. The van der Waals surface area contributed by atoms with Crippen LogP contribution in [0.25, 0.3) is 10.9 Å². The summed E-state index contributed by atoms with van der Waals surface area (Å²) in [5.74, 6) is 0.589. The van der Waals surface area contributed by atoms with Gasteiger partial charge in [-0.05, 0) is 52.9 Å². The van der Waals surface area contributed by atoms with Crippen molar-refractivity contribution < 1.29 is 9.53 Å². The molecule has 0 aliphatic carbocycles. The van der Waals surface area contributed by atoms with Crippen LogP contribution in [0.5, 0.6) is 0 Å². The summed E-state index contributed by atoms with van der Waals surface area (Å²) in [7, 11) is 0. The van der Waals surface area contributed by atoms with Crippen molar-refractivity contribution in [2.45, 2.75) is 53.8 Å². The van der Waals surface area contributed by atoms with Crippen molar-refractivity contribution in [2.24, 2.45) is 5.41 Å². The summed E-state index contributed by atoms with van der Waals surface area (Å²) in [6.45, 7) is 11.0. The molecule has 1 N–H and O–H groups in total. The summed E-state index contributed by atoms with van der Waals surface area (Å²) >= 11 is 0. The van der Waals surface area contributed by atoms with Gasteiger partial charge in [-0.25, -0.2) is 9.48 Å². The zero-order chi connectivity index (χ0) is 23.6. The predicted octanol–water partition coefficient (Wildman–Crippen LogP) is 4.81. The molecule has 1 atom stereocenters. The number of nitrogens with one attached hydrogen (secondary N) is 1. The number of carbonyl (C=O) groups excluding carboxylic acids is 1. The highest BCUT2D eigenvalue weighted by Gasteiger charge is 2.30. The van der Waals surface area contributed by atoms with Gasteiger partial charge in [0.2, 0.25) is 0 Å². The maximum absolute atomic E-state index is 13.4. The molecule has 33 heavy (non-hydrogen) atoms. The number of hydrogen-bond donors (Lipinski definition) is 1. The summed E-state index contributed by atoms with van der Waals surface area (Å²) in [4.78, 5) is 15.0. The van der Waals surface area contributed by atoms with E-state index in [1.807, 2.05) is 56.3 Å². The van der Waals surface area contributed by atoms with Crippen molar-refractivity contribution in [3.8, 4) is 0 Å². The van der Waals surface area contributed by atoms with Gasteiger partial charge in [0.05, 0.1) is 17.8 Å². The summed E-state index contributed by atoms with van der Waals surface area (Å²) in [5, 5.41) is 20.4. The Morgan fingerprint density at radius 2 is 1.97 bits per heavy atom. The van der Waals surface area contributed by atoms with Crippen LogP contribution in [0.1, 0.15) is 50.7 Å². The van der Waals surface area contributed by atoms with E-state index >= 15 is 0 Å². The average Bonchev–Trinajstić information content (AvgIpc) is 3.41. The SMILES string of the molecule is Cc1cc(N(C(=O)OCc2ccccc2)C(C)c2nnnn2CC(C)(C)C)cc2cn[nH]c12. The molecule has 9 heteroatoms. The van der Waals surface area contributed by atoms with Crippen LogP contribution in [-0.4, -0.2) is 36.5 Å². The molecule has 1 amide bonds. The first-order valence-electron chi connectivity index (χ1n) is 10.9. The second kappa shape index (κ2) is 9.01. The number of rotatable bonds is 6. The number of anilines is 1. The number of fused-ring (bicyclic) bond motifs is 1. The molecule has 0 aliphatic heterocycles. The normalized spacial score (nSPS) is 12.6. The number of amides is 1. The fourth-order valence-electron chi connectivity index (χ4n) is 3.82. The fourth-order valence-corrected chi connectivity index (χ4v) is 3.82. The molecule has 2 heterocycles. The van der Waals surface area contributed by atoms with Gasteiger partial charge in [0, 0.05) is 17.6 Å². The van der Waals surface area contributed by atoms with E-state index in [1.165, 1.54) is 0 Å². The second-order valence-electron chi connectivity index (χ2n) is 9.44. The number of nitrogens with zero attached hydrogens (tertiary/aromatic N) is 6.